The Hall–Kier alpha value is -1.15. The van der Waals surface area contributed by atoms with Crippen molar-refractivity contribution in [2.24, 2.45) is 11.7 Å². The third kappa shape index (κ3) is 3.46. The third-order valence-electron chi connectivity index (χ3n) is 2.63. The normalized spacial score (nSPS) is 12.8. The molecule has 1 aromatic rings. The molecule has 2 nitrogen and oxygen atoms in total. The van der Waals surface area contributed by atoms with Crippen molar-refractivity contribution in [3.05, 3.63) is 35.4 Å². The summed E-state index contributed by atoms with van der Waals surface area (Å²) < 4.78 is 0. The maximum Gasteiger partial charge on any atom is 0.179 e. The minimum Gasteiger partial charge on any atom is -0.321 e. The smallest absolute Gasteiger partial charge is 0.179 e. The van der Waals surface area contributed by atoms with E-state index in [4.69, 9.17) is 5.73 Å². The summed E-state index contributed by atoms with van der Waals surface area (Å²) in [4.78, 5) is 11.9. The van der Waals surface area contributed by atoms with Crippen LogP contribution in [0, 0.1) is 5.92 Å². The number of carbonyl (C=O) groups is 1. The van der Waals surface area contributed by atoms with Gasteiger partial charge in [-0.25, -0.2) is 0 Å². The van der Waals surface area contributed by atoms with Gasteiger partial charge in [0.05, 0.1) is 6.04 Å². The van der Waals surface area contributed by atoms with Crippen LogP contribution in [-0.4, -0.2) is 11.8 Å². The van der Waals surface area contributed by atoms with Crippen LogP contribution in [0.15, 0.2) is 24.3 Å². The van der Waals surface area contributed by atoms with E-state index in [0.29, 0.717) is 12.3 Å². The molecule has 2 heteroatoms. The van der Waals surface area contributed by atoms with E-state index in [1.54, 1.807) is 0 Å². The molecular formula is C14H21NO. The van der Waals surface area contributed by atoms with Crippen molar-refractivity contribution in [1.82, 2.24) is 0 Å². The first kappa shape index (κ1) is 12.9. The summed E-state index contributed by atoms with van der Waals surface area (Å²) >= 11 is 0. The highest BCUT2D eigenvalue weighted by atomic mass is 16.1. The van der Waals surface area contributed by atoms with Crippen LogP contribution in [0.5, 0.6) is 0 Å². The highest BCUT2D eigenvalue weighted by molar-refractivity contribution is 6.00. The minimum absolute atomic E-state index is 0.0492. The van der Waals surface area contributed by atoms with Crippen LogP contribution in [0.25, 0.3) is 0 Å². The van der Waals surface area contributed by atoms with E-state index in [0.717, 1.165) is 12.0 Å². The summed E-state index contributed by atoms with van der Waals surface area (Å²) in [5.74, 6) is 0.651. The van der Waals surface area contributed by atoms with Gasteiger partial charge in [0.1, 0.15) is 0 Å². The molecule has 0 aliphatic heterocycles. The second kappa shape index (κ2) is 5.80. The van der Waals surface area contributed by atoms with Gasteiger partial charge in [-0.15, -0.1) is 0 Å². The van der Waals surface area contributed by atoms with Crippen LogP contribution < -0.4 is 5.73 Å². The molecule has 0 saturated carbocycles. The Bertz CT molecular complexity index is 358. The Morgan fingerprint density at radius 2 is 2.06 bits per heavy atom. The Balaban J connectivity index is 2.85. The lowest BCUT2D eigenvalue weighted by molar-refractivity contribution is 0.0959. The van der Waals surface area contributed by atoms with Crippen molar-refractivity contribution in [3.63, 3.8) is 0 Å². The Morgan fingerprint density at radius 1 is 1.38 bits per heavy atom. The zero-order valence-corrected chi connectivity index (χ0v) is 10.4. The van der Waals surface area contributed by atoms with Crippen molar-refractivity contribution >= 4 is 5.78 Å². The molecule has 0 aromatic heterocycles. The predicted octanol–water partition coefficient (Wildman–Crippen LogP) is 2.81. The summed E-state index contributed by atoms with van der Waals surface area (Å²) in [6.45, 7) is 6.28. The molecular weight excluding hydrogens is 198 g/mol. The molecule has 0 spiro atoms. The molecule has 1 unspecified atom stereocenters. The number of ketones is 1. The number of nitrogens with two attached hydrogens (primary N) is 1. The van der Waals surface area contributed by atoms with Gasteiger partial charge in [-0.3, -0.25) is 4.79 Å². The number of hydrogen-bond donors (Lipinski definition) is 1. The molecule has 0 aliphatic rings. The highest BCUT2D eigenvalue weighted by Gasteiger charge is 2.13. The largest absolute Gasteiger partial charge is 0.321 e. The van der Waals surface area contributed by atoms with E-state index in [2.05, 4.69) is 19.9 Å². The molecule has 1 aromatic carbocycles. The first-order valence-corrected chi connectivity index (χ1v) is 5.93. The second-order valence-electron chi connectivity index (χ2n) is 4.68. The average molecular weight is 219 g/mol. The van der Waals surface area contributed by atoms with Gasteiger partial charge in [-0.1, -0.05) is 39.0 Å². The monoisotopic (exact) mass is 219 g/mol. The van der Waals surface area contributed by atoms with Gasteiger partial charge in [-0.2, -0.15) is 0 Å². The lowest BCUT2D eigenvalue weighted by Crippen LogP contribution is -2.29. The molecule has 0 radical (unpaired) electrons. The van der Waals surface area contributed by atoms with Gasteiger partial charge in [0.2, 0.25) is 0 Å². The first-order valence-electron chi connectivity index (χ1n) is 5.93. The number of Topliss-reactive ketones (excluding diaryl/α,β-unsaturated/α-hetero) is 1. The zero-order chi connectivity index (χ0) is 12.1. The maximum atomic E-state index is 11.9. The molecule has 1 rings (SSSR count). The topological polar surface area (TPSA) is 43.1 Å². The lowest BCUT2D eigenvalue weighted by atomic mass is 9.97. The third-order valence-corrected chi connectivity index (χ3v) is 2.63. The van der Waals surface area contributed by atoms with E-state index in [1.807, 2.05) is 25.1 Å². The summed E-state index contributed by atoms with van der Waals surface area (Å²) in [6.07, 6.45) is 1.69. The van der Waals surface area contributed by atoms with Gasteiger partial charge in [0.25, 0.3) is 0 Å². The molecule has 0 bridgehead atoms. The molecule has 0 fully saturated rings. The molecule has 0 saturated heterocycles. The molecule has 0 aliphatic carbocycles. The lowest BCUT2D eigenvalue weighted by Gasteiger charge is -2.10. The van der Waals surface area contributed by atoms with Gasteiger partial charge >= 0.3 is 0 Å². The summed E-state index contributed by atoms with van der Waals surface area (Å²) in [5.41, 5.74) is 7.71. The van der Waals surface area contributed by atoms with E-state index >= 15 is 0 Å². The summed E-state index contributed by atoms with van der Waals surface area (Å²) in [7, 11) is 0. The number of benzene rings is 1. The van der Waals surface area contributed by atoms with E-state index in [1.165, 1.54) is 5.56 Å². The molecule has 2 N–H and O–H groups in total. The van der Waals surface area contributed by atoms with E-state index in [-0.39, 0.29) is 11.8 Å². The number of hydrogen-bond acceptors (Lipinski definition) is 2. The summed E-state index contributed by atoms with van der Waals surface area (Å²) in [5, 5.41) is 0. The van der Waals surface area contributed by atoms with Crippen molar-refractivity contribution in [3.8, 4) is 0 Å². The molecule has 1 atom stereocenters. The van der Waals surface area contributed by atoms with E-state index < -0.39 is 0 Å². The van der Waals surface area contributed by atoms with Crippen molar-refractivity contribution in [2.75, 3.05) is 0 Å². The van der Waals surface area contributed by atoms with E-state index in [9.17, 15) is 4.79 Å². The SMILES string of the molecule is CCC(N)C(=O)c1cccc(CC(C)C)c1. The van der Waals surface area contributed by atoms with Gasteiger partial charge in [-0.05, 0) is 30.4 Å². The fourth-order valence-corrected chi connectivity index (χ4v) is 1.72. The average Bonchev–Trinajstić information content (AvgIpc) is 2.26. The fourth-order valence-electron chi connectivity index (χ4n) is 1.72. The standard InChI is InChI=1S/C14H21NO/c1-4-13(15)14(16)12-7-5-6-11(9-12)8-10(2)3/h5-7,9-10,13H,4,8,15H2,1-3H3. The predicted molar refractivity (Wildman–Crippen MR) is 67.6 cm³/mol. The van der Waals surface area contributed by atoms with Gasteiger partial charge in [0, 0.05) is 5.56 Å². The quantitative estimate of drug-likeness (QED) is 0.774. The second-order valence-corrected chi connectivity index (χ2v) is 4.68. The summed E-state index contributed by atoms with van der Waals surface area (Å²) in [6, 6.07) is 7.45. The van der Waals surface area contributed by atoms with Crippen molar-refractivity contribution in [1.29, 1.82) is 0 Å². The Labute approximate surface area is 97.9 Å². The number of carbonyl (C=O) groups excluding carboxylic acids is 1. The molecule has 88 valence electrons. The van der Waals surface area contributed by atoms with Gasteiger partial charge < -0.3 is 5.73 Å². The van der Waals surface area contributed by atoms with Crippen molar-refractivity contribution < 1.29 is 4.79 Å². The van der Waals surface area contributed by atoms with Crippen LogP contribution in [0.4, 0.5) is 0 Å². The highest BCUT2D eigenvalue weighted by Crippen LogP contribution is 2.12. The van der Waals surface area contributed by atoms with Crippen LogP contribution >= 0.6 is 0 Å². The molecule has 16 heavy (non-hydrogen) atoms. The molecule has 0 heterocycles. The minimum atomic E-state index is -0.366. The first-order chi connectivity index (χ1) is 7.54. The van der Waals surface area contributed by atoms with Gasteiger partial charge in [0.15, 0.2) is 5.78 Å². The fraction of sp³-hybridized carbons (Fsp3) is 0.500. The zero-order valence-electron chi connectivity index (χ0n) is 10.4. The van der Waals surface area contributed by atoms with Crippen LogP contribution in [-0.2, 0) is 6.42 Å². The number of rotatable bonds is 5. The maximum absolute atomic E-state index is 11.9. The van der Waals surface area contributed by atoms with Crippen LogP contribution in [0.1, 0.15) is 43.1 Å². The molecule has 0 amide bonds. The Morgan fingerprint density at radius 3 is 2.62 bits per heavy atom. The Kier molecular flexibility index (Phi) is 4.69. The van der Waals surface area contributed by atoms with Crippen molar-refractivity contribution in [2.45, 2.75) is 39.7 Å². The van der Waals surface area contributed by atoms with Crippen LogP contribution in [0.3, 0.4) is 0 Å². The van der Waals surface area contributed by atoms with Crippen LogP contribution in [0.2, 0.25) is 0 Å².